The molecule has 60 valence electrons. The molecule has 1 heterocycles. The number of rotatable bonds is 1. The summed E-state index contributed by atoms with van der Waals surface area (Å²) in [6.07, 6.45) is 1.75. The molecule has 1 rings (SSSR count). The van der Waals surface area contributed by atoms with Crippen LogP contribution >= 0.6 is 0 Å². The number of hydrogen-bond acceptors (Lipinski definition) is 2. The molecule has 0 radical (unpaired) electrons. The first-order chi connectivity index (χ1) is 5.74. The highest BCUT2D eigenvalue weighted by atomic mass is 15.1. The number of imidazole rings is 1. The lowest BCUT2D eigenvalue weighted by Crippen LogP contribution is -2.28. The van der Waals surface area contributed by atoms with Gasteiger partial charge in [0.15, 0.2) is 0 Å². The predicted octanol–water partition coefficient (Wildman–Crippen LogP) is 0.0759. The maximum absolute atomic E-state index is 8.74. The Morgan fingerprint density at radius 3 is 2.58 bits per heavy atom. The fourth-order valence-corrected chi connectivity index (χ4v) is 1.12. The van der Waals surface area contributed by atoms with Crippen LogP contribution in [0.2, 0.25) is 0 Å². The number of aromatic nitrogens is 2. The first-order valence-electron chi connectivity index (χ1n) is 3.63. The van der Waals surface area contributed by atoms with Gasteiger partial charge >= 0.3 is 0 Å². The van der Waals surface area contributed by atoms with Crippen LogP contribution in [0.5, 0.6) is 0 Å². The molecule has 0 unspecified atom stereocenters. The second-order valence-corrected chi connectivity index (χ2v) is 2.43. The highest BCUT2D eigenvalue weighted by Crippen LogP contribution is 2.01. The Morgan fingerprint density at radius 2 is 2.17 bits per heavy atom. The first kappa shape index (κ1) is 8.29. The topological polar surface area (TPSA) is 56.4 Å². The zero-order chi connectivity index (χ0) is 9.14. The van der Waals surface area contributed by atoms with Crippen LogP contribution < -0.4 is 4.57 Å². The van der Waals surface area contributed by atoms with E-state index in [0.29, 0.717) is 17.9 Å². The number of nitriles is 2. The normalized spacial score (nSPS) is 9.00. The minimum absolute atomic E-state index is 0.416. The van der Waals surface area contributed by atoms with E-state index in [1.165, 1.54) is 0 Å². The average Bonchev–Trinajstić information content (AvgIpc) is 2.40. The molecule has 0 fully saturated rings. The lowest BCUT2D eigenvalue weighted by molar-refractivity contribution is -0.673. The molecule has 0 atom stereocenters. The van der Waals surface area contributed by atoms with Gasteiger partial charge in [0.2, 0.25) is 6.33 Å². The summed E-state index contributed by atoms with van der Waals surface area (Å²) in [5.74, 6) is 0. The van der Waals surface area contributed by atoms with Crippen molar-refractivity contribution in [2.75, 3.05) is 0 Å². The van der Waals surface area contributed by atoms with E-state index >= 15 is 0 Å². The molecule has 0 N–H and O–H groups in total. The molecule has 0 bridgehead atoms. The summed E-state index contributed by atoms with van der Waals surface area (Å²) in [6.45, 7) is 2.64. The van der Waals surface area contributed by atoms with Gasteiger partial charge in [-0.2, -0.15) is 10.5 Å². The Kier molecular flexibility index (Phi) is 2.11. The molecule has 1 aromatic rings. The van der Waals surface area contributed by atoms with E-state index in [9.17, 15) is 0 Å². The monoisotopic (exact) mass is 161 g/mol. The molecule has 0 aliphatic rings. The minimum Gasteiger partial charge on any atom is -0.223 e. The maximum Gasteiger partial charge on any atom is 0.263 e. The molecule has 0 aliphatic heterocycles. The van der Waals surface area contributed by atoms with Crippen molar-refractivity contribution in [2.45, 2.75) is 13.5 Å². The predicted molar refractivity (Wildman–Crippen MR) is 40.7 cm³/mol. The van der Waals surface area contributed by atoms with E-state index in [1.54, 1.807) is 22.5 Å². The summed E-state index contributed by atoms with van der Waals surface area (Å²) in [6, 6.07) is 4.00. The Balaban J connectivity index is 3.41. The van der Waals surface area contributed by atoms with Crippen molar-refractivity contribution in [3.8, 4) is 12.1 Å². The van der Waals surface area contributed by atoms with Crippen molar-refractivity contribution < 1.29 is 4.57 Å². The van der Waals surface area contributed by atoms with Gasteiger partial charge in [-0.15, -0.1) is 0 Å². The zero-order valence-corrected chi connectivity index (χ0v) is 7.07. The van der Waals surface area contributed by atoms with Crippen molar-refractivity contribution in [1.82, 2.24) is 4.57 Å². The van der Waals surface area contributed by atoms with Crippen molar-refractivity contribution in [3.63, 3.8) is 0 Å². The quantitative estimate of drug-likeness (QED) is 0.547. The third-order valence-corrected chi connectivity index (χ3v) is 1.73. The van der Waals surface area contributed by atoms with Gasteiger partial charge in [-0.3, -0.25) is 0 Å². The Labute approximate surface area is 70.9 Å². The zero-order valence-electron chi connectivity index (χ0n) is 7.07. The van der Waals surface area contributed by atoms with Crippen molar-refractivity contribution in [3.05, 3.63) is 17.7 Å². The maximum atomic E-state index is 8.74. The third kappa shape index (κ3) is 1.04. The highest BCUT2D eigenvalue weighted by Gasteiger charge is 2.19. The summed E-state index contributed by atoms with van der Waals surface area (Å²) >= 11 is 0. The molecule has 0 spiro atoms. The molecule has 0 aromatic carbocycles. The van der Waals surface area contributed by atoms with Gasteiger partial charge in [0.1, 0.15) is 12.1 Å². The number of hydrogen-bond donors (Lipinski definition) is 0. The van der Waals surface area contributed by atoms with E-state index < -0.39 is 0 Å². The Bertz CT molecular complexity index is 375. The van der Waals surface area contributed by atoms with Crippen LogP contribution in [0.4, 0.5) is 0 Å². The second kappa shape index (κ2) is 3.06. The van der Waals surface area contributed by atoms with Crippen LogP contribution in [-0.2, 0) is 13.6 Å². The molecule has 0 saturated heterocycles. The SMILES string of the molecule is CCn1c[n+](C)c(C#N)c1C#N. The van der Waals surface area contributed by atoms with E-state index in [0.717, 1.165) is 0 Å². The fourth-order valence-electron chi connectivity index (χ4n) is 1.12. The summed E-state index contributed by atoms with van der Waals surface area (Å²) in [7, 11) is 1.76. The van der Waals surface area contributed by atoms with Gasteiger partial charge in [-0.05, 0) is 6.92 Å². The second-order valence-electron chi connectivity index (χ2n) is 2.43. The molecule has 12 heavy (non-hydrogen) atoms. The molecule has 4 heteroatoms. The van der Waals surface area contributed by atoms with E-state index in [1.807, 2.05) is 19.1 Å². The summed E-state index contributed by atoms with van der Waals surface area (Å²) in [5, 5.41) is 17.4. The highest BCUT2D eigenvalue weighted by molar-refractivity contribution is 5.32. The van der Waals surface area contributed by atoms with Gasteiger partial charge in [0, 0.05) is 0 Å². The molecular weight excluding hydrogens is 152 g/mol. The standard InChI is InChI=1S/C8H9N4/c1-3-12-6-11(2)7(4-9)8(12)5-10/h6H,3H2,1-2H3/q+1. The van der Waals surface area contributed by atoms with Crippen LogP contribution in [0.25, 0.3) is 0 Å². The van der Waals surface area contributed by atoms with Gasteiger partial charge in [0.25, 0.3) is 11.4 Å². The average molecular weight is 161 g/mol. The largest absolute Gasteiger partial charge is 0.263 e. The van der Waals surface area contributed by atoms with Gasteiger partial charge in [-0.1, -0.05) is 0 Å². The van der Waals surface area contributed by atoms with Gasteiger partial charge in [-0.25, -0.2) is 9.13 Å². The van der Waals surface area contributed by atoms with Crippen molar-refractivity contribution >= 4 is 0 Å². The number of aryl methyl sites for hydroxylation is 2. The molecule has 0 amide bonds. The summed E-state index contributed by atoms with van der Waals surface area (Å²) in [5.41, 5.74) is 0.849. The van der Waals surface area contributed by atoms with Crippen LogP contribution in [-0.4, -0.2) is 4.57 Å². The Morgan fingerprint density at radius 1 is 1.50 bits per heavy atom. The molecule has 4 nitrogen and oxygen atoms in total. The van der Waals surface area contributed by atoms with E-state index in [2.05, 4.69) is 0 Å². The fraction of sp³-hybridized carbons (Fsp3) is 0.375. The summed E-state index contributed by atoms with van der Waals surface area (Å²) in [4.78, 5) is 0. The summed E-state index contributed by atoms with van der Waals surface area (Å²) < 4.78 is 3.40. The van der Waals surface area contributed by atoms with E-state index in [-0.39, 0.29) is 0 Å². The number of nitrogens with zero attached hydrogens (tertiary/aromatic N) is 4. The van der Waals surface area contributed by atoms with Crippen molar-refractivity contribution in [1.29, 1.82) is 10.5 Å². The lowest BCUT2D eigenvalue weighted by atomic mass is 10.3. The molecule has 0 aliphatic carbocycles. The smallest absolute Gasteiger partial charge is 0.223 e. The van der Waals surface area contributed by atoms with Gasteiger partial charge < -0.3 is 0 Å². The van der Waals surface area contributed by atoms with Gasteiger partial charge in [0.05, 0.1) is 13.6 Å². The Hall–Kier alpha value is -1.81. The minimum atomic E-state index is 0.416. The third-order valence-electron chi connectivity index (χ3n) is 1.73. The molecular formula is C8H9N4+. The van der Waals surface area contributed by atoms with Crippen LogP contribution in [0.3, 0.4) is 0 Å². The first-order valence-corrected chi connectivity index (χ1v) is 3.63. The molecule has 1 aromatic heterocycles. The van der Waals surface area contributed by atoms with E-state index in [4.69, 9.17) is 10.5 Å². The molecule has 0 saturated carbocycles. The van der Waals surface area contributed by atoms with Crippen LogP contribution in [0, 0.1) is 22.7 Å². The van der Waals surface area contributed by atoms with Crippen LogP contribution in [0.15, 0.2) is 6.33 Å². The lowest BCUT2D eigenvalue weighted by Gasteiger charge is -1.85. The van der Waals surface area contributed by atoms with Crippen LogP contribution in [0.1, 0.15) is 18.3 Å². The van der Waals surface area contributed by atoms with Crippen molar-refractivity contribution in [2.24, 2.45) is 7.05 Å².